The molecule has 0 aromatic rings. The highest BCUT2D eigenvalue weighted by Crippen LogP contribution is 2.14. The molecule has 1 rings (SSSR count). The van der Waals surface area contributed by atoms with Gasteiger partial charge >= 0.3 is 0 Å². The number of hydrogen-bond donors (Lipinski definition) is 0. The van der Waals surface area contributed by atoms with E-state index in [0.717, 1.165) is 19.5 Å². The van der Waals surface area contributed by atoms with Crippen LogP contribution in [0.2, 0.25) is 0 Å². The van der Waals surface area contributed by atoms with Crippen LogP contribution >= 0.6 is 0 Å². The minimum absolute atomic E-state index is 0.0793. The second-order valence-electron chi connectivity index (χ2n) is 6.51. The van der Waals surface area contributed by atoms with E-state index in [2.05, 4.69) is 24.0 Å². The van der Waals surface area contributed by atoms with Gasteiger partial charge in [-0.05, 0) is 12.8 Å². The fourth-order valence-corrected chi connectivity index (χ4v) is 3.02. The van der Waals surface area contributed by atoms with Crippen molar-refractivity contribution in [2.45, 2.75) is 84.5 Å². The number of carbonyl (C=O) groups excluding carboxylic acids is 1. The summed E-state index contributed by atoms with van der Waals surface area (Å²) < 4.78 is 0. The number of amides is 1. The third-order valence-corrected chi connectivity index (χ3v) is 4.47. The molecule has 0 N–H and O–H groups in total. The van der Waals surface area contributed by atoms with Gasteiger partial charge in [0, 0.05) is 13.1 Å². The minimum atomic E-state index is 0.0793. The maximum Gasteiger partial charge on any atom is 0.229 e. The summed E-state index contributed by atoms with van der Waals surface area (Å²) >= 11 is 0. The fraction of sp³-hybridized carbons (Fsp3) is 0.842. The molecule has 1 atom stereocenters. The van der Waals surface area contributed by atoms with E-state index >= 15 is 0 Å². The summed E-state index contributed by atoms with van der Waals surface area (Å²) in [4.78, 5) is 14.2. The van der Waals surface area contributed by atoms with Crippen molar-refractivity contribution in [3.05, 3.63) is 12.2 Å². The second-order valence-corrected chi connectivity index (χ2v) is 6.51. The zero-order chi connectivity index (χ0) is 15.3. The molecule has 1 unspecified atom stereocenters. The largest absolute Gasteiger partial charge is 0.342 e. The minimum Gasteiger partial charge on any atom is -0.342 e. The summed E-state index contributed by atoms with van der Waals surface area (Å²) in [6, 6.07) is 0. The molecule has 0 saturated heterocycles. The smallest absolute Gasteiger partial charge is 0.229 e. The predicted octanol–water partition coefficient (Wildman–Crippen LogP) is 5.33. The average Bonchev–Trinajstić information content (AvgIpc) is 2.64. The van der Waals surface area contributed by atoms with Crippen LogP contribution in [-0.2, 0) is 4.79 Å². The molecule has 0 bridgehead atoms. The summed E-state index contributed by atoms with van der Waals surface area (Å²) in [5.74, 6) is 0.398. The topological polar surface area (TPSA) is 20.3 Å². The molecule has 21 heavy (non-hydrogen) atoms. The molecular formula is C19H35NO. The maximum absolute atomic E-state index is 12.1. The first-order valence-electron chi connectivity index (χ1n) is 9.21. The standard InChI is InChI=1S/C19H35NO/c1-3-4-5-6-7-8-9-10-11-13-16-20-17-14-12-15-18(2)19(20)21/h12,15,18H,3-11,13-14,16-17H2,1-2H3. The average molecular weight is 293 g/mol. The third-order valence-electron chi connectivity index (χ3n) is 4.47. The molecule has 0 saturated carbocycles. The molecule has 0 aromatic carbocycles. The van der Waals surface area contributed by atoms with E-state index in [9.17, 15) is 4.79 Å². The van der Waals surface area contributed by atoms with Crippen LogP contribution in [0.25, 0.3) is 0 Å². The van der Waals surface area contributed by atoms with Crippen LogP contribution in [0, 0.1) is 5.92 Å². The summed E-state index contributed by atoms with van der Waals surface area (Å²) in [6.45, 7) is 6.15. The normalized spacial score (nSPS) is 19.0. The lowest BCUT2D eigenvalue weighted by molar-refractivity contribution is -0.133. The Labute approximate surface area is 132 Å². The molecule has 0 aliphatic carbocycles. The van der Waals surface area contributed by atoms with E-state index in [-0.39, 0.29) is 5.92 Å². The van der Waals surface area contributed by atoms with E-state index in [0.29, 0.717) is 5.91 Å². The number of nitrogens with zero attached hydrogens (tertiary/aromatic N) is 1. The Morgan fingerprint density at radius 1 is 1.00 bits per heavy atom. The summed E-state index contributed by atoms with van der Waals surface area (Å²) in [7, 11) is 0. The fourth-order valence-electron chi connectivity index (χ4n) is 3.02. The van der Waals surface area contributed by atoms with Gasteiger partial charge in [0.05, 0.1) is 5.92 Å². The van der Waals surface area contributed by atoms with Crippen LogP contribution < -0.4 is 0 Å². The molecule has 0 fully saturated rings. The van der Waals surface area contributed by atoms with E-state index in [1.807, 2.05) is 6.92 Å². The monoisotopic (exact) mass is 293 g/mol. The van der Waals surface area contributed by atoms with Crippen molar-refractivity contribution in [2.24, 2.45) is 5.92 Å². The Kier molecular flexibility index (Phi) is 10.3. The van der Waals surface area contributed by atoms with Crippen LogP contribution in [0.4, 0.5) is 0 Å². The Morgan fingerprint density at radius 2 is 1.57 bits per heavy atom. The number of unbranched alkanes of at least 4 members (excludes halogenated alkanes) is 9. The first-order valence-corrected chi connectivity index (χ1v) is 9.21. The van der Waals surface area contributed by atoms with Crippen LogP contribution in [-0.4, -0.2) is 23.9 Å². The summed E-state index contributed by atoms with van der Waals surface area (Å²) in [5, 5.41) is 0. The molecule has 1 amide bonds. The highest BCUT2D eigenvalue weighted by atomic mass is 16.2. The lowest BCUT2D eigenvalue weighted by Gasteiger charge is -2.22. The van der Waals surface area contributed by atoms with Gasteiger partial charge in [-0.1, -0.05) is 83.8 Å². The molecule has 2 nitrogen and oxygen atoms in total. The molecule has 0 spiro atoms. The van der Waals surface area contributed by atoms with Gasteiger partial charge in [0.1, 0.15) is 0 Å². The zero-order valence-corrected chi connectivity index (χ0v) is 14.3. The SMILES string of the molecule is CCCCCCCCCCCCN1CCC=CC(C)C1=O. The first kappa shape index (κ1) is 18.3. The summed E-state index contributed by atoms with van der Waals surface area (Å²) in [5.41, 5.74) is 0. The van der Waals surface area contributed by atoms with Gasteiger partial charge in [0.2, 0.25) is 5.91 Å². The van der Waals surface area contributed by atoms with Gasteiger partial charge in [-0.3, -0.25) is 4.79 Å². The Morgan fingerprint density at radius 3 is 2.19 bits per heavy atom. The Bertz CT molecular complexity index is 298. The van der Waals surface area contributed by atoms with Crippen molar-refractivity contribution in [3.63, 3.8) is 0 Å². The lowest BCUT2D eigenvalue weighted by Crippen LogP contribution is -2.34. The second kappa shape index (κ2) is 11.8. The van der Waals surface area contributed by atoms with Crippen molar-refractivity contribution in [2.75, 3.05) is 13.1 Å². The van der Waals surface area contributed by atoms with E-state index in [1.165, 1.54) is 64.2 Å². The molecule has 1 aliphatic heterocycles. The van der Waals surface area contributed by atoms with Crippen molar-refractivity contribution >= 4 is 5.91 Å². The van der Waals surface area contributed by atoms with Crippen molar-refractivity contribution in [1.29, 1.82) is 0 Å². The predicted molar refractivity (Wildman–Crippen MR) is 91.3 cm³/mol. The molecule has 0 radical (unpaired) electrons. The van der Waals surface area contributed by atoms with Gasteiger partial charge in [-0.2, -0.15) is 0 Å². The quantitative estimate of drug-likeness (QED) is 0.372. The maximum atomic E-state index is 12.1. The first-order chi connectivity index (χ1) is 10.3. The van der Waals surface area contributed by atoms with Gasteiger partial charge in [-0.15, -0.1) is 0 Å². The van der Waals surface area contributed by atoms with Crippen molar-refractivity contribution in [3.8, 4) is 0 Å². The molecule has 1 aliphatic rings. The van der Waals surface area contributed by atoms with Gasteiger partial charge in [0.25, 0.3) is 0 Å². The Hall–Kier alpha value is -0.790. The van der Waals surface area contributed by atoms with Crippen LogP contribution in [0.15, 0.2) is 12.2 Å². The van der Waals surface area contributed by atoms with Crippen molar-refractivity contribution in [1.82, 2.24) is 4.90 Å². The zero-order valence-electron chi connectivity index (χ0n) is 14.3. The Balaban J connectivity index is 1.95. The lowest BCUT2D eigenvalue weighted by atomic mass is 10.1. The highest BCUT2D eigenvalue weighted by Gasteiger charge is 2.19. The van der Waals surface area contributed by atoms with Gasteiger partial charge in [-0.25, -0.2) is 0 Å². The van der Waals surface area contributed by atoms with E-state index < -0.39 is 0 Å². The van der Waals surface area contributed by atoms with Crippen molar-refractivity contribution < 1.29 is 4.79 Å². The molecule has 122 valence electrons. The van der Waals surface area contributed by atoms with E-state index in [4.69, 9.17) is 0 Å². The molecule has 1 heterocycles. The van der Waals surface area contributed by atoms with Crippen LogP contribution in [0.1, 0.15) is 84.5 Å². The molecular weight excluding hydrogens is 258 g/mol. The highest BCUT2D eigenvalue weighted by molar-refractivity contribution is 5.80. The number of carbonyl (C=O) groups is 1. The van der Waals surface area contributed by atoms with E-state index in [1.54, 1.807) is 0 Å². The summed E-state index contributed by atoms with van der Waals surface area (Å²) in [6.07, 6.45) is 18.8. The van der Waals surface area contributed by atoms with Crippen LogP contribution in [0.3, 0.4) is 0 Å². The molecule has 0 aromatic heterocycles. The van der Waals surface area contributed by atoms with Crippen LogP contribution in [0.5, 0.6) is 0 Å². The number of hydrogen-bond acceptors (Lipinski definition) is 1. The molecule has 2 heteroatoms. The third kappa shape index (κ3) is 8.28. The van der Waals surface area contributed by atoms with Gasteiger partial charge in [0.15, 0.2) is 0 Å². The van der Waals surface area contributed by atoms with Gasteiger partial charge < -0.3 is 4.90 Å². The number of rotatable bonds is 11.